The van der Waals surface area contributed by atoms with Gasteiger partial charge in [0.25, 0.3) is 0 Å². The minimum atomic E-state index is -3.89. The quantitative estimate of drug-likeness (QED) is 0.536. The molecule has 8 nitrogen and oxygen atoms in total. The van der Waals surface area contributed by atoms with Crippen molar-refractivity contribution in [1.82, 2.24) is 10.0 Å². The molecule has 1 aliphatic heterocycles. The maximum atomic E-state index is 13.4. The lowest BCUT2D eigenvalue weighted by molar-refractivity contribution is -0.127. The van der Waals surface area contributed by atoms with Crippen molar-refractivity contribution in [2.75, 3.05) is 24.6 Å². The monoisotopic (exact) mass is 487 g/mol. The molecule has 0 bridgehead atoms. The molecule has 3 rings (SSSR count). The molecule has 2 unspecified atom stereocenters. The van der Waals surface area contributed by atoms with Crippen LogP contribution < -0.4 is 14.9 Å². The van der Waals surface area contributed by atoms with E-state index in [1.54, 1.807) is 36.4 Å². The Bertz CT molecular complexity index is 1070. The van der Waals surface area contributed by atoms with Gasteiger partial charge in [-0.15, -0.1) is 0 Å². The second kappa shape index (κ2) is 11.6. The van der Waals surface area contributed by atoms with Crippen molar-refractivity contribution in [3.8, 4) is 0 Å². The molecule has 2 aromatic rings. The van der Waals surface area contributed by atoms with Gasteiger partial charge in [-0.1, -0.05) is 49.7 Å². The van der Waals surface area contributed by atoms with Gasteiger partial charge < -0.3 is 10.1 Å². The number of rotatable bonds is 10. The highest BCUT2D eigenvalue weighted by Gasteiger charge is 2.34. The molecular formula is C25H33N3O5S. The maximum absolute atomic E-state index is 13.4. The zero-order valence-electron chi connectivity index (χ0n) is 19.9. The Kier molecular flexibility index (Phi) is 8.82. The van der Waals surface area contributed by atoms with Crippen molar-refractivity contribution in [3.63, 3.8) is 0 Å². The summed E-state index contributed by atoms with van der Waals surface area (Å²) in [5.74, 6) is -1.04. The van der Waals surface area contributed by atoms with E-state index < -0.39 is 28.5 Å². The third-order valence-corrected chi connectivity index (χ3v) is 7.17. The fourth-order valence-electron chi connectivity index (χ4n) is 3.93. The second-order valence-corrected chi connectivity index (χ2v) is 10.6. The Balaban J connectivity index is 1.80. The average molecular weight is 488 g/mol. The predicted octanol–water partition coefficient (Wildman–Crippen LogP) is 2.63. The maximum Gasteiger partial charge on any atom is 0.243 e. The molecule has 2 atom stereocenters. The van der Waals surface area contributed by atoms with Gasteiger partial charge in [0, 0.05) is 18.8 Å². The summed E-state index contributed by atoms with van der Waals surface area (Å²) in [6.45, 7) is 6.16. The summed E-state index contributed by atoms with van der Waals surface area (Å²) in [6, 6.07) is 14.4. The summed E-state index contributed by atoms with van der Waals surface area (Å²) in [5, 5.41) is 2.92. The molecule has 0 saturated carbocycles. The lowest BCUT2D eigenvalue weighted by Gasteiger charge is -2.34. The van der Waals surface area contributed by atoms with Crippen molar-refractivity contribution in [2.24, 2.45) is 5.92 Å². The molecule has 9 heteroatoms. The first-order chi connectivity index (χ1) is 16.2. The SMILES string of the molecule is Cc1ccc(S(=O)(=O)NCC(=O)N(c2ccccc2)C(C(=O)NCC2CCCO2)C(C)C)cc1. The molecule has 2 amide bonds. The van der Waals surface area contributed by atoms with Crippen LogP contribution >= 0.6 is 0 Å². The summed E-state index contributed by atoms with van der Waals surface area (Å²) in [7, 11) is -3.89. The van der Waals surface area contributed by atoms with Crippen LogP contribution in [0, 0.1) is 12.8 Å². The van der Waals surface area contributed by atoms with Gasteiger partial charge in [-0.05, 0) is 49.9 Å². The van der Waals surface area contributed by atoms with Crippen LogP contribution in [0.1, 0.15) is 32.3 Å². The fourth-order valence-corrected chi connectivity index (χ4v) is 4.91. The van der Waals surface area contributed by atoms with Gasteiger partial charge in [-0.3, -0.25) is 14.5 Å². The third kappa shape index (κ3) is 6.65. The van der Waals surface area contributed by atoms with E-state index in [-0.39, 0.29) is 22.8 Å². The molecule has 184 valence electrons. The minimum absolute atomic E-state index is 0.0287. The van der Waals surface area contributed by atoms with Gasteiger partial charge in [0.1, 0.15) is 6.04 Å². The topological polar surface area (TPSA) is 105 Å². The first kappa shape index (κ1) is 25.9. The van der Waals surface area contributed by atoms with Crippen LogP contribution in [0.4, 0.5) is 5.69 Å². The zero-order valence-corrected chi connectivity index (χ0v) is 20.7. The largest absolute Gasteiger partial charge is 0.376 e. The summed E-state index contributed by atoms with van der Waals surface area (Å²) in [6.07, 6.45) is 1.82. The lowest BCUT2D eigenvalue weighted by atomic mass is 10.00. The first-order valence-electron chi connectivity index (χ1n) is 11.5. The summed E-state index contributed by atoms with van der Waals surface area (Å²) < 4.78 is 33.4. The normalized spacial score (nSPS) is 16.9. The Labute approximate surface area is 201 Å². The van der Waals surface area contributed by atoms with Crippen LogP contribution in [0.15, 0.2) is 59.5 Å². The fraction of sp³-hybridized carbons (Fsp3) is 0.440. The number of carbonyl (C=O) groups is 2. The highest BCUT2D eigenvalue weighted by Crippen LogP contribution is 2.22. The Hall–Kier alpha value is -2.75. The smallest absolute Gasteiger partial charge is 0.243 e. The van der Waals surface area contributed by atoms with E-state index in [1.807, 2.05) is 26.8 Å². The molecular weight excluding hydrogens is 454 g/mol. The third-order valence-electron chi connectivity index (χ3n) is 5.75. The number of nitrogens with one attached hydrogen (secondary N) is 2. The summed E-state index contributed by atoms with van der Waals surface area (Å²) >= 11 is 0. The molecule has 0 radical (unpaired) electrons. The van der Waals surface area contributed by atoms with Crippen molar-refractivity contribution < 1.29 is 22.7 Å². The van der Waals surface area contributed by atoms with E-state index in [0.29, 0.717) is 18.8 Å². The molecule has 1 saturated heterocycles. The predicted molar refractivity (Wildman–Crippen MR) is 131 cm³/mol. The van der Waals surface area contributed by atoms with Gasteiger partial charge >= 0.3 is 0 Å². The Morgan fingerprint density at radius 1 is 1.09 bits per heavy atom. The Morgan fingerprint density at radius 2 is 1.76 bits per heavy atom. The van der Waals surface area contributed by atoms with E-state index in [0.717, 1.165) is 18.4 Å². The standard InChI is InChI=1S/C25H33N3O5S/c1-18(2)24(25(30)26-16-21-10-7-15-33-21)28(20-8-5-4-6-9-20)23(29)17-27-34(31,32)22-13-11-19(3)12-14-22/h4-6,8-9,11-14,18,21,24,27H,7,10,15-17H2,1-3H3,(H,26,30). The Morgan fingerprint density at radius 3 is 2.35 bits per heavy atom. The molecule has 1 aliphatic rings. The molecule has 0 aliphatic carbocycles. The molecule has 34 heavy (non-hydrogen) atoms. The van der Waals surface area contributed by atoms with Crippen LogP contribution in [0.2, 0.25) is 0 Å². The van der Waals surface area contributed by atoms with E-state index >= 15 is 0 Å². The number of amides is 2. The molecule has 0 spiro atoms. The zero-order chi connectivity index (χ0) is 24.7. The highest BCUT2D eigenvalue weighted by molar-refractivity contribution is 7.89. The number of hydrogen-bond acceptors (Lipinski definition) is 5. The summed E-state index contributed by atoms with van der Waals surface area (Å²) in [4.78, 5) is 28.1. The molecule has 2 N–H and O–H groups in total. The van der Waals surface area contributed by atoms with E-state index in [4.69, 9.17) is 4.74 Å². The number of hydrogen-bond donors (Lipinski definition) is 2. The van der Waals surface area contributed by atoms with Crippen LogP contribution in [0.3, 0.4) is 0 Å². The number of sulfonamides is 1. The van der Waals surface area contributed by atoms with Crippen LogP contribution in [-0.4, -0.2) is 52.1 Å². The van der Waals surface area contributed by atoms with Gasteiger partial charge in [0.05, 0.1) is 17.5 Å². The highest BCUT2D eigenvalue weighted by atomic mass is 32.2. The van der Waals surface area contributed by atoms with Gasteiger partial charge in [0.2, 0.25) is 21.8 Å². The lowest BCUT2D eigenvalue weighted by Crippen LogP contribution is -2.55. The van der Waals surface area contributed by atoms with Crippen molar-refractivity contribution >= 4 is 27.5 Å². The van der Waals surface area contributed by atoms with E-state index in [1.165, 1.54) is 17.0 Å². The number of aryl methyl sites for hydroxylation is 1. The number of para-hydroxylation sites is 1. The van der Waals surface area contributed by atoms with Gasteiger partial charge in [0.15, 0.2) is 0 Å². The molecule has 0 aromatic heterocycles. The van der Waals surface area contributed by atoms with Gasteiger partial charge in [-0.25, -0.2) is 13.1 Å². The number of benzene rings is 2. The van der Waals surface area contributed by atoms with Crippen LogP contribution in [0.25, 0.3) is 0 Å². The molecule has 1 heterocycles. The number of anilines is 1. The number of nitrogens with zero attached hydrogens (tertiary/aromatic N) is 1. The second-order valence-electron chi connectivity index (χ2n) is 8.81. The van der Waals surface area contributed by atoms with Crippen molar-refractivity contribution in [3.05, 3.63) is 60.2 Å². The number of carbonyl (C=O) groups excluding carboxylic acids is 2. The number of ether oxygens (including phenoxy) is 1. The van der Waals surface area contributed by atoms with Crippen molar-refractivity contribution in [1.29, 1.82) is 0 Å². The summed E-state index contributed by atoms with van der Waals surface area (Å²) in [5.41, 5.74) is 1.45. The van der Waals surface area contributed by atoms with Crippen LogP contribution in [-0.2, 0) is 24.3 Å². The molecule has 2 aromatic carbocycles. The van der Waals surface area contributed by atoms with Gasteiger partial charge in [-0.2, -0.15) is 0 Å². The first-order valence-corrected chi connectivity index (χ1v) is 13.0. The minimum Gasteiger partial charge on any atom is -0.376 e. The van der Waals surface area contributed by atoms with E-state index in [9.17, 15) is 18.0 Å². The van der Waals surface area contributed by atoms with Crippen molar-refractivity contribution in [2.45, 2.75) is 50.7 Å². The average Bonchev–Trinajstić information content (AvgIpc) is 3.34. The van der Waals surface area contributed by atoms with E-state index in [2.05, 4.69) is 10.0 Å². The van der Waals surface area contributed by atoms with Crippen LogP contribution in [0.5, 0.6) is 0 Å². The molecule has 1 fully saturated rings.